The van der Waals surface area contributed by atoms with Gasteiger partial charge in [-0.25, -0.2) is 30.7 Å². The molecule has 0 heterocycles. The van der Waals surface area contributed by atoms with Gasteiger partial charge in [0.05, 0.1) is 0 Å². The molecule has 0 aliphatic heterocycles. The summed E-state index contributed by atoms with van der Waals surface area (Å²) in [6, 6.07) is 1.18. The van der Waals surface area contributed by atoms with E-state index in [4.69, 9.17) is 0 Å². The third-order valence-electron chi connectivity index (χ3n) is 2.62. The summed E-state index contributed by atoms with van der Waals surface area (Å²) in [5.74, 6) is -11.3. The molecule has 0 fully saturated rings. The Hall–Kier alpha value is -2.25. The van der Waals surface area contributed by atoms with Crippen molar-refractivity contribution in [1.29, 1.82) is 0 Å². The van der Waals surface area contributed by atoms with Crippen molar-refractivity contribution in [1.82, 2.24) is 0 Å². The Kier molecular flexibility index (Phi) is 4.06. The fraction of sp³-hybridized carbons (Fsp3) is 0.0769. The van der Waals surface area contributed by atoms with E-state index in [0.29, 0.717) is 12.1 Å². The number of benzene rings is 2. The summed E-state index contributed by atoms with van der Waals surface area (Å²) in [5.41, 5.74) is -1.34. The summed E-state index contributed by atoms with van der Waals surface area (Å²) in [5, 5.41) is 1.97. The van der Waals surface area contributed by atoms with Crippen LogP contribution in [0.5, 0.6) is 0 Å². The van der Waals surface area contributed by atoms with Gasteiger partial charge in [0.15, 0.2) is 40.7 Å². The Morgan fingerprint density at radius 3 is 1.52 bits per heavy atom. The van der Waals surface area contributed by atoms with Crippen molar-refractivity contribution in [2.75, 3.05) is 5.32 Å². The highest BCUT2D eigenvalue weighted by molar-refractivity contribution is 5.47. The van der Waals surface area contributed by atoms with Crippen LogP contribution in [-0.2, 0) is 6.54 Å². The molecule has 0 saturated carbocycles. The minimum Gasteiger partial charge on any atom is -0.376 e. The molecule has 0 amide bonds. The molecule has 0 spiro atoms. The van der Waals surface area contributed by atoms with Crippen molar-refractivity contribution < 1.29 is 30.7 Å². The quantitative estimate of drug-likeness (QED) is 0.507. The molecule has 2 aromatic rings. The fourth-order valence-electron chi connectivity index (χ4n) is 1.63. The van der Waals surface area contributed by atoms with E-state index in [9.17, 15) is 30.7 Å². The predicted octanol–water partition coefficient (Wildman–Crippen LogP) is 4.27. The van der Waals surface area contributed by atoms with Gasteiger partial charge in [-0.05, 0) is 17.7 Å². The molecule has 21 heavy (non-hydrogen) atoms. The van der Waals surface area contributed by atoms with Gasteiger partial charge in [0, 0.05) is 12.6 Å². The third-order valence-corrected chi connectivity index (χ3v) is 2.62. The largest absolute Gasteiger partial charge is 0.376 e. The molecule has 0 bridgehead atoms. The van der Waals surface area contributed by atoms with E-state index in [1.165, 1.54) is 0 Å². The number of hydrogen-bond acceptors (Lipinski definition) is 1. The molecule has 1 N–H and O–H groups in total. The summed E-state index contributed by atoms with van der Waals surface area (Å²) < 4.78 is 91.1. The Labute approximate surface area is 114 Å². The minimum absolute atomic E-state index is 0.0209. The Bertz CT molecular complexity index is 650. The van der Waals surface area contributed by atoms with E-state index in [0.717, 1.165) is 0 Å². The lowest BCUT2D eigenvalue weighted by atomic mass is 10.2. The van der Waals surface area contributed by atoms with E-state index in [1.807, 2.05) is 5.32 Å². The molecule has 8 heteroatoms. The topological polar surface area (TPSA) is 12.0 Å². The molecule has 2 aromatic carbocycles. The smallest absolute Gasteiger partial charge is 0.194 e. The lowest BCUT2D eigenvalue weighted by molar-refractivity contribution is 0.445. The zero-order valence-electron chi connectivity index (χ0n) is 10.1. The summed E-state index contributed by atoms with van der Waals surface area (Å²) in [6.45, 7) is -0.579. The molecule has 112 valence electrons. The monoisotopic (exact) mass is 309 g/mol. The summed E-state index contributed by atoms with van der Waals surface area (Å²) in [4.78, 5) is 0. The number of nitrogens with one attached hydrogen (secondary N) is 1. The zero-order chi connectivity index (χ0) is 15.7. The lowest BCUT2D eigenvalue weighted by Crippen LogP contribution is -2.08. The normalized spacial score (nSPS) is 10.8. The first kappa shape index (κ1) is 15.1. The van der Waals surface area contributed by atoms with Gasteiger partial charge >= 0.3 is 0 Å². The molecule has 0 saturated heterocycles. The Morgan fingerprint density at radius 2 is 1.05 bits per heavy atom. The second-order valence-electron chi connectivity index (χ2n) is 4.07. The molecule has 0 aliphatic rings. The van der Waals surface area contributed by atoms with Gasteiger partial charge in [-0.15, -0.1) is 0 Å². The van der Waals surface area contributed by atoms with Crippen molar-refractivity contribution >= 4 is 5.69 Å². The van der Waals surface area contributed by atoms with Gasteiger partial charge in [0.1, 0.15) is 5.69 Å². The van der Waals surface area contributed by atoms with Crippen LogP contribution in [0.3, 0.4) is 0 Å². The molecule has 0 radical (unpaired) electrons. The highest BCUT2D eigenvalue weighted by Gasteiger charge is 2.19. The maximum absolute atomic E-state index is 13.3. The maximum atomic E-state index is 13.3. The maximum Gasteiger partial charge on any atom is 0.194 e. The number of rotatable bonds is 3. The van der Waals surface area contributed by atoms with Gasteiger partial charge in [0.25, 0.3) is 0 Å². The molecular weight excluding hydrogens is 303 g/mol. The van der Waals surface area contributed by atoms with Crippen molar-refractivity contribution in [3.05, 3.63) is 64.5 Å². The van der Waals surface area contributed by atoms with Crippen LogP contribution >= 0.6 is 0 Å². The minimum atomic E-state index is -1.70. The van der Waals surface area contributed by atoms with Crippen molar-refractivity contribution in [3.8, 4) is 0 Å². The number of hydrogen-bond donors (Lipinski definition) is 1. The molecule has 0 aliphatic carbocycles. The average Bonchev–Trinajstić information content (AvgIpc) is 2.42. The van der Waals surface area contributed by atoms with Crippen LogP contribution in [0.25, 0.3) is 0 Å². The van der Waals surface area contributed by atoms with Gasteiger partial charge in [-0.1, -0.05) is 0 Å². The first-order valence-electron chi connectivity index (χ1n) is 5.51. The molecule has 1 nitrogen and oxygen atoms in total. The SMILES string of the molecule is Fc1cc(CNc2c(F)c(F)cc(F)c2F)cc(F)c1F. The van der Waals surface area contributed by atoms with Crippen LogP contribution in [0.15, 0.2) is 18.2 Å². The van der Waals surface area contributed by atoms with E-state index in [1.54, 1.807) is 0 Å². The number of halogens is 7. The summed E-state index contributed by atoms with van der Waals surface area (Å²) in [6.07, 6.45) is 0. The van der Waals surface area contributed by atoms with E-state index in [2.05, 4.69) is 0 Å². The Morgan fingerprint density at radius 1 is 0.619 bits per heavy atom. The summed E-state index contributed by atoms with van der Waals surface area (Å²) >= 11 is 0. The fourth-order valence-corrected chi connectivity index (χ4v) is 1.63. The third kappa shape index (κ3) is 2.93. The molecule has 0 atom stereocenters. The second kappa shape index (κ2) is 5.63. The molecule has 0 unspecified atom stereocenters. The van der Waals surface area contributed by atoms with Gasteiger partial charge in [-0.2, -0.15) is 0 Å². The Balaban J connectivity index is 2.29. The van der Waals surface area contributed by atoms with Crippen molar-refractivity contribution in [2.45, 2.75) is 6.54 Å². The predicted molar refractivity (Wildman–Crippen MR) is 59.9 cm³/mol. The van der Waals surface area contributed by atoms with Crippen LogP contribution in [0, 0.1) is 40.7 Å². The van der Waals surface area contributed by atoms with Gasteiger partial charge in [0.2, 0.25) is 0 Å². The van der Waals surface area contributed by atoms with Crippen LogP contribution in [0.4, 0.5) is 36.4 Å². The van der Waals surface area contributed by atoms with Gasteiger partial charge in [-0.3, -0.25) is 0 Å². The molecule has 0 aromatic heterocycles. The van der Waals surface area contributed by atoms with Crippen LogP contribution in [-0.4, -0.2) is 0 Å². The first-order chi connectivity index (χ1) is 9.81. The van der Waals surface area contributed by atoms with E-state index >= 15 is 0 Å². The molecular formula is C13H6F7N. The van der Waals surface area contributed by atoms with Crippen LogP contribution < -0.4 is 5.32 Å². The van der Waals surface area contributed by atoms with Crippen molar-refractivity contribution in [2.24, 2.45) is 0 Å². The highest BCUT2D eigenvalue weighted by Crippen LogP contribution is 2.25. The standard InChI is InChI=1S/C13H6F7N/c14-6-1-5(2-7(15)10(6)18)4-21-13-11(19)8(16)3-9(17)12(13)20/h1-3,21H,4H2. The van der Waals surface area contributed by atoms with Crippen molar-refractivity contribution in [3.63, 3.8) is 0 Å². The van der Waals surface area contributed by atoms with E-state index < -0.39 is 53.0 Å². The second-order valence-corrected chi connectivity index (χ2v) is 4.07. The lowest BCUT2D eigenvalue weighted by Gasteiger charge is -2.10. The van der Waals surface area contributed by atoms with E-state index in [-0.39, 0.29) is 11.6 Å². The summed E-state index contributed by atoms with van der Waals surface area (Å²) in [7, 11) is 0. The highest BCUT2D eigenvalue weighted by atomic mass is 19.2. The first-order valence-corrected chi connectivity index (χ1v) is 5.51. The average molecular weight is 309 g/mol. The van der Waals surface area contributed by atoms with Crippen LogP contribution in [0.1, 0.15) is 5.56 Å². The molecule has 2 rings (SSSR count). The zero-order valence-corrected chi connectivity index (χ0v) is 10.1. The van der Waals surface area contributed by atoms with Crippen LogP contribution in [0.2, 0.25) is 0 Å². The number of anilines is 1. The van der Waals surface area contributed by atoms with Gasteiger partial charge < -0.3 is 5.32 Å².